The Balaban J connectivity index is 2.13. The maximum atomic E-state index is 9.19. The number of rotatable bonds is 2. The predicted octanol–water partition coefficient (Wildman–Crippen LogP) is 4.21. The average molecular weight is 260 g/mol. The first-order valence-corrected chi connectivity index (χ1v) is 6.31. The standard InChI is InChI=1S/C17H12N2O/c1-12-5-2-6-13(11-18)17(12)20-16-9-3-8-15-14(16)7-4-10-19-15/h2-10H,1H3. The first-order valence-electron chi connectivity index (χ1n) is 6.31. The quantitative estimate of drug-likeness (QED) is 0.693. The van der Waals surface area contributed by atoms with Gasteiger partial charge in [0.1, 0.15) is 17.6 Å². The van der Waals surface area contributed by atoms with E-state index in [9.17, 15) is 5.26 Å². The number of nitrogens with zero attached hydrogens (tertiary/aromatic N) is 2. The lowest BCUT2D eigenvalue weighted by molar-refractivity contribution is 0.483. The lowest BCUT2D eigenvalue weighted by atomic mass is 10.1. The normalized spacial score (nSPS) is 10.2. The molecule has 1 heterocycles. The van der Waals surface area contributed by atoms with Crippen LogP contribution >= 0.6 is 0 Å². The molecular weight excluding hydrogens is 248 g/mol. The zero-order valence-electron chi connectivity index (χ0n) is 11.0. The number of hydrogen-bond acceptors (Lipinski definition) is 3. The van der Waals surface area contributed by atoms with Crippen molar-refractivity contribution >= 4 is 10.9 Å². The highest BCUT2D eigenvalue weighted by molar-refractivity contribution is 5.85. The second-order valence-electron chi connectivity index (χ2n) is 4.49. The number of nitriles is 1. The molecule has 0 radical (unpaired) electrons. The Morgan fingerprint density at radius 1 is 1.05 bits per heavy atom. The average Bonchev–Trinajstić information content (AvgIpc) is 2.49. The minimum atomic E-state index is 0.533. The number of pyridine rings is 1. The van der Waals surface area contributed by atoms with Gasteiger partial charge in [0.2, 0.25) is 0 Å². The fraction of sp³-hybridized carbons (Fsp3) is 0.0588. The van der Waals surface area contributed by atoms with E-state index in [0.29, 0.717) is 17.1 Å². The molecule has 0 aliphatic heterocycles. The van der Waals surface area contributed by atoms with Gasteiger partial charge in [0, 0.05) is 11.6 Å². The maximum Gasteiger partial charge on any atom is 0.148 e. The van der Waals surface area contributed by atoms with Crippen molar-refractivity contribution in [1.29, 1.82) is 5.26 Å². The van der Waals surface area contributed by atoms with Gasteiger partial charge in [-0.15, -0.1) is 0 Å². The van der Waals surface area contributed by atoms with E-state index in [1.807, 2.05) is 49.4 Å². The van der Waals surface area contributed by atoms with Gasteiger partial charge in [-0.05, 0) is 42.8 Å². The van der Waals surface area contributed by atoms with Gasteiger partial charge >= 0.3 is 0 Å². The van der Waals surface area contributed by atoms with Gasteiger partial charge in [0.25, 0.3) is 0 Å². The summed E-state index contributed by atoms with van der Waals surface area (Å²) in [6.07, 6.45) is 1.75. The Bertz CT molecular complexity index is 813. The molecule has 0 saturated heterocycles. The van der Waals surface area contributed by atoms with Crippen molar-refractivity contribution < 1.29 is 4.74 Å². The number of ether oxygens (including phenoxy) is 1. The fourth-order valence-corrected chi connectivity index (χ4v) is 2.15. The molecule has 0 fully saturated rings. The van der Waals surface area contributed by atoms with Crippen molar-refractivity contribution in [3.05, 3.63) is 65.9 Å². The summed E-state index contributed by atoms with van der Waals surface area (Å²) >= 11 is 0. The second-order valence-corrected chi connectivity index (χ2v) is 4.49. The van der Waals surface area contributed by atoms with Crippen LogP contribution in [0.5, 0.6) is 11.5 Å². The first kappa shape index (κ1) is 12.2. The molecule has 0 spiro atoms. The summed E-state index contributed by atoms with van der Waals surface area (Å²) in [5.74, 6) is 1.31. The Morgan fingerprint density at radius 2 is 1.90 bits per heavy atom. The Labute approximate surface area is 117 Å². The van der Waals surface area contributed by atoms with Gasteiger partial charge < -0.3 is 4.74 Å². The van der Waals surface area contributed by atoms with Crippen LogP contribution in [0.2, 0.25) is 0 Å². The van der Waals surface area contributed by atoms with Gasteiger partial charge in [0.15, 0.2) is 0 Å². The second kappa shape index (κ2) is 5.02. The molecule has 0 atom stereocenters. The van der Waals surface area contributed by atoms with E-state index in [2.05, 4.69) is 11.1 Å². The van der Waals surface area contributed by atoms with Crippen LogP contribution in [0.4, 0.5) is 0 Å². The summed E-state index contributed by atoms with van der Waals surface area (Å²) in [5, 5.41) is 10.1. The minimum absolute atomic E-state index is 0.533. The molecule has 3 heteroatoms. The van der Waals surface area contributed by atoms with E-state index >= 15 is 0 Å². The number of aryl methyl sites for hydroxylation is 1. The number of benzene rings is 2. The van der Waals surface area contributed by atoms with Gasteiger partial charge in [-0.3, -0.25) is 4.98 Å². The molecule has 0 saturated carbocycles. The molecule has 1 aromatic heterocycles. The summed E-state index contributed by atoms with van der Waals surface area (Å²) in [6, 6.07) is 17.3. The van der Waals surface area contributed by atoms with Crippen LogP contribution in [0, 0.1) is 18.3 Å². The Hall–Kier alpha value is -2.86. The Morgan fingerprint density at radius 3 is 2.75 bits per heavy atom. The molecule has 20 heavy (non-hydrogen) atoms. The van der Waals surface area contributed by atoms with Gasteiger partial charge in [-0.1, -0.05) is 18.2 Å². The third-order valence-corrected chi connectivity index (χ3v) is 3.15. The van der Waals surface area contributed by atoms with Crippen LogP contribution in [0.15, 0.2) is 54.7 Å². The first-order chi connectivity index (χ1) is 9.79. The van der Waals surface area contributed by atoms with Gasteiger partial charge in [-0.25, -0.2) is 0 Å². The third-order valence-electron chi connectivity index (χ3n) is 3.15. The van der Waals surface area contributed by atoms with Crippen molar-refractivity contribution in [2.45, 2.75) is 6.92 Å². The smallest absolute Gasteiger partial charge is 0.148 e. The van der Waals surface area contributed by atoms with E-state index in [0.717, 1.165) is 16.5 Å². The van der Waals surface area contributed by atoms with E-state index < -0.39 is 0 Å². The fourth-order valence-electron chi connectivity index (χ4n) is 2.15. The number of fused-ring (bicyclic) bond motifs is 1. The largest absolute Gasteiger partial charge is 0.455 e. The zero-order chi connectivity index (χ0) is 13.9. The molecule has 0 unspecified atom stereocenters. The summed E-state index contributed by atoms with van der Waals surface area (Å²) in [4.78, 5) is 4.30. The lowest BCUT2D eigenvalue weighted by Crippen LogP contribution is -1.92. The monoisotopic (exact) mass is 260 g/mol. The SMILES string of the molecule is Cc1cccc(C#N)c1Oc1cccc2ncccc12. The molecule has 0 bridgehead atoms. The molecule has 0 amide bonds. The third kappa shape index (κ3) is 2.08. The highest BCUT2D eigenvalue weighted by Crippen LogP contribution is 2.32. The minimum Gasteiger partial charge on any atom is -0.455 e. The molecule has 3 rings (SSSR count). The van der Waals surface area contributed by atoms with Crippen molar-refractivity contribution in [3.8, 4) is 17.6 Å². The van der Waals surface area contributed by atoms with Gasteiger partial charge in [0.05, 0.1) is 11.1 Å². The van der Waals surface area contributed by atoms with Crippen LogP contribution < -0.4 is 4.74 Å². The highest BCUT2D eigenvalue weighted by atomic mass is 16.5. The summed E-state index contributed by atoms with van der Waals surface area (Å²) in [7, 11) is 0. The van der Waals surface area contributed by atoms with Crippen LogP contribution in [-0.4, -0.2) is 4.98 Å². The number of para-hydroxylation sites is 1. The van der Waals surface area contributed by atoms with E-state index in [1.165, 1.54) is 0 Å². The van der Waals surface area contributed by atoms with Crippen molar-refractivity contribution in [1.82, 2.24) is 4.98 Å². The molecule has 3 nitrogen and oxygen atoms in total. The molecule has 0 N–H and O–H groups in total. The van der Waals surface area contributed by atoms with E-state index in [4.69, 9.17) is 4.74 Å². The van der Waals surface area contributed by atoms with Crippen molar-refractivity contribution in [3.63, 3.8) is 0 Å². The molecule has 96 valence electrons. The van der Waals surface area contributed by atoms with E-state index in [1.54, 1.807) is 12.3 Å². The molecule has 3 aromatic rings. The molecule has 0 aliphatic rings. The van der Waals surface area contributed by atoms with Crippen LogP contribution in [0.25, 0.3) is 10.9 Å². The predicted molar refractivity (Wildman–Crippen MR) is 77.7 cm³/mol. The molecule has 2 aromatic carbocycles. The summed E-state index contributed by atoms with van der Waals surface area (Å²) < 4.78 is 5.98. The number of aromatic nitrogens is 1. The van der Waals surface area contributed by atoms with Crippen LogP contribution in [-0.2, 0) is 0 Å². The lowest BCUT2D eigenvalue weighted by Gasteiger charge is -2.12. The van der Waals surface area contributed by atoms with E-state index in [-0.39, 0.29) is 0 Å². The summed E-state index contributed by atoms with van der Waals surface area (Å²) in [6.45, 7) is 1.93. The zero-order valence-corrected chi connectivity index (χ0v) is 11.0. The van der Waals surface area contributed by atoms with Gasteiger partial charge in [-0.2, -0.15) is 5.26 Å². The maximum absolute atomic E-state index is 9.19. The number of hydrogen-bond donors (Lipinski definition) is 0. The Kier molecular flexibility index (Phi) is 3.06. The molecular formula is C17H12N2O. The topological polar surface area (TPSA) is 45.9 Å². The van der Waals surface area contributed by atoms with Crippen molar-refractivity contribution in [2.75, 3.05) is 0 Å². The molecule has 0 aliphatic carbocycles. The van der Waals surface area contributed by atoms with Crippen molar-refractivity contribution in [2.24, 2.45) is 0 Å². The van der Waals surface area contributed by atoms with Crippen LogP contribution in [0.3, 0.4) is 0 Å². The van der Waals surface area contributed by atoms with Crippen LogP contribution in [0.1, 0.15) is 11.1 Å². The summed E-state index contributed by atoms with van der Waals surface area (Å²) in [5.41, 5.74) is 2.34. The highest BCUT2D eigenvalue weighted by Gasteiger charge is 2.10.